The third kappa shape index (κ3) is 2.89. The Morgan fingerprint density at radius 1 is 1.32 bits per heavy atom. The molecule has 0 aromatic carbocycles. The summed E-state index contributed by atoms with van der Waals surface area (Å²) < 4.78 is 7.02. The fourth-order valence-electron chi connectivity index (χ4n) is 3.64. The van der Waals surface area contributed by atoms with Gasteiger partial charge in [0.05, 0.1) is 6.04 Å². The first-order valence-electron chi connectivity index (χ1n) is 7.58. The third-order valence-electron chi connectivity index (χ3n) is 4.67. The van der Waals surface area contributed by atoms with Crippen LogP contribution < -0.4 is 4.74 Å². The van der Waals surface area contributed by atoms with Crippen molar-refractivity contribution in [2.45, 2.75) is 31.4 Å². The molecule has 2 aromatic heterocycles. The van der Waals surface area contributed by atoms with Gasteiger partial charge in [-0.1, -0.05) is 11.2 Å². The highest BCUT2D eigenvalue weighted by Gasteiger charge is 2.44. The molecule has 2 atom stereocenters. The highest BCUT2D eigenvalue weighted by molar-refractivity contribution is 9.11. The molecule has 0 saturated carbocycles. The van der Waals surface area contributed by atoms with Crippen LogP contribution in [-0.2, 0) is 6.42 Å². The van der Waals surface area contributed by atoms with Gasteiger partial charge in [-0.05, 0) is 77.2 Å². The van der Waals surface area contributed by atoms with Crippen molar-refractivity contribution in [3.05, 3.63) is 34.0 Å². The van der Waals surface area contributed by atoms with E-state index in [1.807, 2.05) is 18.5 Å². The van der Waals surface area contributed by atoms with Gasteiger partial charge >= 0.3 is 0 Å². The van der Waals surface area contributed by atoms with Crippen LogP contribution in [0.2, 0.25) is 0 Å². The lowest BCUT2D eigenvalue weighted by Crippen LogP contribution is -2.60. The lowest BCUT2D eigenvalue weighted by molar-refractivity contribution is -0.0581. The molecule has 5 nitrogen and oxygen atoms in total. The van der Waals surface area contributed by atoms with Crippen LogP contribution in [0.15, 0.2) is 28.4 Å². The molecule has 0 N–H and O–H groups in total. The van der Waals surface area contributed by atoms with Crippen LogP contribution in [-0.4, -0.2) is 45.3 Å². The van der Waals surface area contributed by atoms with Crippen molar-refractivity contribution in [1.82, 2.24) is 20.1 Å². The average Bonchev–Trinajstić information content (AvgIpc) is 2.97. The summed E-state index contributed by atoms with van der Waals surface area (Å²) in [4.78, 5) is 6.80. The summed E-state index contributed by atoms with van der Waals surface area (Å²) in [5.74, 6) is 0.620. The van der Waals surface area contributed by atoms with Gasteiger partial charge in [-0.25, -0.2) is 0 Å². The molecule has 0 radical (unpaired) electrons. The Morgan fingerprint density at radius 2 is 2.18 bits per heavy atom. The first-order chi connectivity index (χ1) is 10.8. The maximum absolute atomic E-state index is 6.25. The van der Waals surface area contributed by atoms with Crippen LogP contribution >= 0.6 is 27.3 Å². The Hall–Kier alpha value is -1.05. The zero-order valence-electron chi connectivity index (χ0n) is 12.1. The molecule has 5 heterocycles. The molecule has 22 heavy (non-hydrogen) atoms. The Kier molecular flexibility index (Phi) is 4.11. The number of pyridine rings is 1. The first kappa shape index (κ1) is 14.5. The van der Waals surface area contributed by atoms with Gasteiger partial charge in [-0.2, -0.15) is 0 Å². The van der Waals surface area contributed by atoms with Gasteiger partial charge in [0.2, 0.25) is 0 Å². The zero-order valence-corrected chi connectivity index (χ0v) is 14.5. The summed E-state index contributed by atoms with van der Waals surface area (Å²) in [5.41, 5.74) is 1.27. The normalized spacial score (nSPS) is 30.4. The van der Waals surface area contributed by atoms with Crippen LogP contribution in [0.1, 0.15) is 18.4 Å². The van der Waals surface area contributed by atoms with Gasteiger partial charge in [0.25, 0.3) is 5.19 Å². The molecule has 3 aliphatic rings. The second-order valence-electron chi connectivity index (χ2n) is 5.91. The average molecular weight is 381 g/mol. The van der Waals surface area contributed by atoms with E-state index in [2.05, 4.69) is 42.1 Å². The molecule has 0 spiro atoms. The van der Waals surface area contributed by atoms with Crippen LogP contribution in [0.5, 0.6) is 5.19 Å². The summed E-state index contributed by atoms with van der Waals surface area (Å²) in [6.45, 7) is 2.35. The quantitative estimate of drug-likeness (QED) is 0.815. The van der Waals surface area contributed by atoms with E-state index in [4.69, 9.17) is 4.74 Å². The third-order valence-corrected chi connectivity index (χ3v) is 5.92. The molecular formula is C15H17BrN4OS. The van der Waals surface area contributed by atoms with Gasteiger partial charge < -0.3 is 4.74 Å². The Labute approximate surface area is 141 Å². The van der Waals surface area contributed by atoms with Crippen molar-refractivity contribution >= 4 is 27.3 Å². The molecule has 7 heteroatoms. The second-order valence-corrected chi connectivity index (χ2v) is 8.13. The summed E-state index contributed by atoms with van der Waals surface area (Å²) >= 11 is 4.81. The smallest absolute Gasteiger partial charge is 0.295 e. The fraction of sp³-hybridized carbons (Fsp3) is 0.533. The molecule has 2 bridgehead atoms. The van der Waals surface area contributed by atoms with E-state index in [1.165, 1.54) is 42.8 Å². The summed E-state index contributed by atoms with van der Waals surface area (Å²) in [6.07, 6.45) is 7.39. The van der Waals surface area contributed by atoms with Crippen LogP contribution in [0.3, 0.4) is 0 Å². The lowest BCUT2D eigenvalue weighted by Gasteiger charge is -2.50. The molecule has 3 saturated heterocycles. The largest absolute Gasteiger partial charge is 0.464 e. The molecule has 2 aromatic rings. The van der Waals surface area contributed by atoms with E-state index >= 15 is 0 Å². The molecule has 0 aliphatic carbocycles. The van der Waals surface area contributed by atoms with Crippen molar-refractivity contribution in [3.63, 3.8) is 0 Å². The molecule has 3 fully saturated rings. The number of fused-ring (bicyclic) bond motifs is 3. The van der Waals surface area contributed by atoms with E-state index in [0.29, 0.717) is 17.2 Å². The molecule has 5 rings (SSSR count). The lowest BCUT2D eigenvalue weighted by atomic mass is 9.78. The molecule has 116 valence electrons. The summed E-state index contributed by atoms with van der Waals surface area (Å²) in [7, 11) is 0. The van der Waals surface area contributed by atoms with Crippen molar-refractivity contribution < 1.29 is 4.74 Å². The molecule has 0 unspecified atom stereocenters. The highest BCUT2D eigenvalue weighted by Crippen LogP contribution is 2.37. The van der Waals surface area contributed by atoms with Crippen molar-refractivity contribution in [1.29, 1.82) is 0 Å². The number of halogens is 1. The standard InChI is InChI=1S/C15H17BrN4OS/c16-14-18-19-15(22-14)21-13-11-3-6-20(7-4-11)12(13)8-10-2-1-5-17-9-10/h1-2,5,9,11-13H,3-4,6-8H2/t12-,13+/m1/s1. The Bertz CT molecular complexity index is 629. The Morgan fingerprint density at radius 3 is 2.86 bits per heavy atom. The van der Waals surface area contributed by atoms with Crippen molar-refractivity contribution in [2.24, 2.45) is 5.92 Å². The number of aromatic nitrogens is 3. The van der Waals surface area contributed by atoms with E-state index < -0.39 is 0 Å². The van der Waals surface area contributed by atoms with Gasteiger partial charge in [0.1, 0.15) is 6.10 Å². The minimum Gasteiger partial charge on any atom is -0.464 e. The number of rotatable bonds is 4. The van der Waals surface area contributed by atoms with Crippen LogP contribution in [0.25, 0.3) is 0 Å². The van der Waals surface area contributed by atoms with Gasteiger partial charge in [0, 0.05) is 12.4 Å². The molecule has 3 aliphatic heterocycles. The van der Waals surface area contributed by atoms with Gasteiger partial charge in [-0.3, -0.25) is 9.88 Å². The predicted octanol–water partition coefficient (Wildman–Crippen LogP) is 2.78. The van der Waals surface area contributed by atoms with E-state index in [0.717, 1.165) is 10.3 Å². The second kappa shape index (κ2) is 6.22. The Balaban J connectivity index is 1.55. The van der Waals surface area contributed by atoms with Crippen LogP contribution in [0, 0.1) is 5.92 Å². The first-order valence-corrected chi connectivity index (χ1v) is 9.19. The van der Waals surface area contributed by atoms with Crippen LogP contribution in [0.4, 0.5) is 0 Å². The SMILES string of the molecule is Brc1nnc(O[C@H]2C3CCN(CC3)[C@@H]2Cc2cccnc2)s1. The number of hydrogen-bond donors (Lipinski definition) is 0. The topological polar surface area (TPSA) is 51.1 Å². The van der Waals surface area contributed by atoms with Crippen molar-refractivity contribution in [3.8, 4) is 5.19 Å². The minimum atomic E-state index is 0.197. The predicted molar refractivity (Wildman–Crippen MR) is 88.1 cm³/mol. The van der Waals surface area contributed by atoms with Crippen molar-refractivity contribution in [2.75, 3.05) is 13.1 Å². The minimum absolute atomic E-state index is 0.197. The molecular weight excluding hydrogens is 364 g/mol. The summed E-state index contributed by atoms with van der Waals surface area (Å²) in [5, 5.41) is 8.76. The maximum Gasteiger partial charge on any atom is 0.295 e. The van der Waals surface area contributed by atoms with E-state index in [-0.39, 0.29) is 6.10 Å². The van der Waals surface area contributed by atoms with E-state index in [1.54, 1.807) is 0 Å². The monoisotopic (exact) mass is 380 g/mol. The molecule has 0 amide bonds. The zero-order chi connectivity index (χ0) is 14.9. The fourth-order valence-corrected chi connectivity index (χ4v) is 4.60. The number of ether oxygens (including phenoxy) is 1. The van der Waals surface area contributed by atoms with Gasteiger partial charge in [0.15, 0.2) is 3.92 Å². The number of piperidine rings is 3. The van der Waals surface area contributed by atoms with Gasteiger partial charge in [-0.15, -0.1) is 5.10 Å². The summed E-state index contributed by atoms with van der Waals surface area (Å²) in [6, 6.07) is 4.55. The maximum atomic E-state index is 6.25. The number of nitrogens with zero attached hydrogens (tertiary/aromatic N) is 4. The number of hydrogen-bond acceptors (Lipinski definition) is 6. The highest BCUT2D eigenvalue weighted by atomic mass is 79.9. The van der Waals surface area contributed by atoms with E-state index in [9.17, 15) is 0 Å².